The molecule has 0 radical (unpaired) electrons. The predicted molar refractivity (Wildman–Crippen MR) is 175 cm³/mol. The lowest BCUT2D eigenvalue weighted by Crippen LogP contribution is -2.48. The number of nitrogens with zero attached hydrogens (tertiary/aromatic N) is 2. The van der Waals surface area contributed by atoms with Gasteiger partial charge in [0, 0.05) is 34.5 Å². The molecule has 9 heteroatoms. The van der Waals surface area contributed by atoms with E-state index in [4.69, 9.17) is 0 Å². The fourth-order valence-electron chi connectivity index (χ4n) is 4.07. The van der Waals surface area contributed by atoms with E-state index >= 15 is 0 Å². The number of hydrogen-bond acceptors (Lipinski definition) is 4. The SMILES string of the molecule is C=C(C[C@H](NC(=O)CCC(C)C)C(=O)N[C@@H](C)c1nc2c(F)cccc2[nH]1)N1CCCCC1.CC.CCC.I.[HH].[HH]. The molecule has 0 aliphatic carbocycles. The molecule has 0 saturated carbocycles. The summed E-state index contributed by atoms with van der Waals surface area (Å²) in [4.78, 5) is 35.3. The van der Waals surface area contributed by atoms with E-state index in [2.05, 4.69) is 59.8 Å². The van der Waals surface area contributed by atoms with Crippen LogP contribution >= 0.6 is 24.0 Å². The molecule has 2 aromatic rings. The van der Waals surface area contributed by atoms with Gasteiger partial charge in [-0.3, -0.25) is 9.59 Å². The standard InChI is InChI=1S/C25H36FN5O2.C3H8.C2H6.HI.2H2/c1-16(2)11-12-22(32)28-21(15-17(3)31-13-6-5-7-14-31)25(33)27-18(4)24-29-20-10-8-9-19(26)23(20)30-24;1-3-2;1-2;;;/h8-10,16,18,21H,3,5-7,11-15H2,1-2,4H3,(H,27,33)(H,28,32)(H,29,30);3H2,1-2H3;1-2H3;3*1H/t18-,21-;;;;;/m0...../s1. The second-order valence-corrected chi connectivity index (χ2v) is 10.1. The van der Waals surface area contributed by atoms with Gasteiger partial charge in [0.25, 0.3) is 0 Å². The number of carbonyl (C=O) groups is 2. The van der Waals surface area contributed by atoms with Gasteiger partial charge in [0.05, 0.1) is 11.6 Å². The maximum absolute atomic E-state index is 14.0. The zero-order valence-corrected chi connectivity index (χ0v) is 27.4. The first kappa shape index (κ1) is 36.8. The van der Waals surface area contributed by atoms with Crippen LogP contribution in [-0.2, 0) is 9.59 Å². The number of nitrogens with one attached hydrogen (secondary N) is 3. The molecule has 226 valence electrons. The summed E-state index contributed by atoms with van der Waals surface area (Å²) in [6, 6.07) is 3.48. The Bertz CT molecular complexity index is 1020. The highest BCUT2D eigenvalue weighted by molar-refractivity contribution is 14.0. The number of para-hydroxylation sites is 1. The second kappa shape index (κ2) is 19.8. The van der Waals surface area contributed by atoms with Crippen molar-refractivity contribution in [2.45, 2.75) is 105 Å². The van der Waals surface area contributed by atoms with Gasteiger partial charge in [-0.1, -0.05) is 60.6 Å². The molecule has 3 rings (SSSR count). The molecule has 1 aromatic heterocycles. The summed E-state index contributed by atoms with van der Waals surface area (Å²) in [5.74, 6) is -0.00192. The number of fused-ring (bicyclic) bond motifs is 1. The van der Waals surface area contributed by atoms with E-state index in [0.717, 1.165) is 38.0 Å². The lowest BCUT2D eigenvalue weighted by atomic mass is 10.0. The van der Waals surface area contributed by atoms with E-state index in [9.17, 15) is 14.0 Å². The summed E-state index contributed by atoms with van der Waals surface area (Å²) >= 11 is 0. The fraction of sp³-hybridized carbons (Fsp3) is 0.633. The summed E-state index contributed by atoms with van der Waals surface area (Å²) in [6.07, 6.45) is 6.15. The third kappa shape index (κ3) is 12.7. The first-order chi connectivity index (χ1) is 18.2. The summed E-state index contributed by atoms with van der Waals surface area (Å²) in [5, 5.41) is 5.83. The van der Waals surface area contributed by atoms with E-state index in [-0.39, 0.29) is 44.2 Å². The summed E-state index contributed by atoms with van der Waals surface area (Å²) in [5.41, 5.74) is 1.67. The Labute approximate surface area is 255 Å². The monoisotopic (exact) mass is 663 g/mol. The Hall–Kier alpha value is -2.17. The Balaban J connectivity index is -0.00000169. The third-order valence-electron chi connectivity index (χ3n) is 6.09. The van der Waals surface area contributed by atoms with E-state index in [1.165, 1.54) is 18.9 Å². The van der Waals surface area contributed by atoms with Crippen LogP contribution in [0.5, 0.6) is 0 Å². The number of piperidine rings is 1. The van der Waals surface area contributed by atoms with Crippen LogP contribution < -0.4 is 10.6 Å². The summed E-state index contributed by atoms with van der Waals surface area (Å²) < 4.78 is 14.0. The minimum absolute atomic E-state index is 0. The van der Waals surface area contributed by atoms with E-state index in [1.54, 1.807) is 19.1 Å². The van der Waals surface area contributed by atoms with Crippen molar-refractivity contribution in [2.75, 3.05) is 13.1 Å². The number of halogens is 2. The molecule has 0 bridgehead atoms. The van der Waals surface area contributed by atoms with Gasteiger partial charge in [0.2, 0.25) is 11.8 Å². The molecule has 0 unspecified atom stereocenters. The molecule has 3 N–H and O–H groups in total. The highest BCUT2D eigenvalue weighted by Gasteiger charge is 2.26. The molecule has 0 spiro atoms. The molecule has 1 aliphatic rings. The van der Waals surface area contributed by atoms with Crippen LogP contribution in [0.1, 0.15) is 108 Å². The Morgan fingerprint density at radius 2 is 1.74 bits per heavy atom. The van der Waals surface area contributed by atoms with Gasteiger partial charge in [-0.25, -0.2) is 9.37 Å². The molecule has 2 heterocycles. The van der Waals surface area contributed by atoms with Gasteiger partial charge in [-0.2, -0.15) is 0 Å². The third-order valence-corrected chi connectivity index (χ3v) is 6.09. The van der Waals surface area contributed by atoms with Gasteiger partial charge in [0.1, 0.15) is 17.4 Å². The molecule has 39 heavy (non-hydrogen) atoms. The summed E-state index contributed by atoms with van der Waals surface area (Å²) in [7, 11) is 0. The second-order valence-electron chi connectivity index (χ2n) is 10.1. The minimum Gasteiger partial charge on any atom is -0.375 e. The van der Waals surface area contributed by atoms with Gasteiger partial charge in [0.15, 0.2) is 5.82 Å². The number of H-pyrrole nitrogens is 1. The van der Waals surface area contributed by atoms with Crippen LogP contribution in [0.3, 0.4) is 0 Å². The molecule has 2 amide bonds. The number of likely N-dealkylation sites (tertiary alicyclic amines) is 1. The Morgan fingerprint density at radius 1 is 1.13 bits per heavy atom. The first-order valence-electron chi connectivity index (χ1n) is 14.3. The van der Waals surface area contributed by atoms with Gasteiger partial charge in [-0.05, 0) is 50.7 Å². The molecule has 1 saturated heterocycles. The van der Waals surface area contributed by atoms with E-state index in [0.29, 0.717) is 30.1 Å². The van der Waals surface area contributed by atoms with Crippen LogP contribution in [0.15, 0.2) is 30.5 Å². The molecule has 1 aliphatic heterocycles. The van der Waals surface area contributed by atoms with Crippen molar-refractivity contribution in [1.82, 2.24) is 25.5 Å². The number of rotatable bonds is 10. The van der Waals surface area contributed by atoms with E-state index in [1.807, 2.05) is 13.8 Å². The largest absolute Gasteiger partial charge is 0.375 e. The molecular weight excluding hydrogens is 608 g/mol. The maximum atomic E-state index is 14.0. The van der Waals surface area contributed by atoms with Crippen molar-refractivity contribution in [3.63, 3.8) is 0 Å². The Kier molecular flexibility index (Phi) is 18.7. The smallest absolute Gasteiger partial charge is 0.243 e. The van der Waals surface area contributed by atoms with Crippen molar-refractivity contribution in [2.24, 2.45) is 5.92 Å². The average molecular weight is 664 g/mol. The average Bonchev–Trinajstić information content (AvgIpc) is 3.35. The quantitative estimate of drug-likeness (QED) is 0.227. The van der Waals surface area contributed by atoms with Crippen LogP contribution in [0.25, 0.3) is 11.0 Å². The maximum Gasteiger partial charge on any atom is 0.243 e. The lowest BCUT2D eigenvalue weighted by molar-refractivity contribution is -0.129. The van der Waals surface area contributed by atoms with Crippen LogP contribution in [0, 0.1) is 11.7 Å². The first-order valence-corrected chi connectivity index (χ1v) is 14.3. The molecule has 1 aromatic carbocycles. The topological polar surface area (TPSA) is 90.1 Å². The minimum atomic E-state index is -0.734. The zero-order chi connectivity index (χ0) is 28.7. The predicted octanol–water partition coefficient (Wildman–Crippen LogP) is 7.74. The number of imidazole rings is 1. The van der Waals surface area contributed by atoms with Crippen LogP contribution in [-0.4, -0.2) is 45.8 Å². The van der Waals surface area contributed by atoms with Crippen LogP contribution in [0.2, 0.25) is 0 Å². The molecule has 2 atom stereocenters. The number of hydrogen-bond donors (Lipinski definition) is 3. The molecule has 1 fully saturated rings. The van der Waals surface area contributed by atoms with Crippen molar-refractivity contribution < 1.29 is 16.8 Å². The molecule has 7 nitrogen and oxygen atoms in total. The van der Waals surface area contributed by atoms with Gasteiger partial charge < -0.3 is 20.5 Å². The van der Waals surface area contributed by atoms with E-state index < -0.39 is 17.9 Å². The summed E-state index contributed by atoms with van der Waals surface area (Å²) in [6.45, 7) is 20.2. The number of aromatic amines is 1. The number of amides is 2. The normalized spacial score (nSPS) is 14.1. The van der Waals surface area contributed by atoms with Gasteiger partial charge >= 0.3 is 0 Å². The number of carbonyl (C=O) groups excluding carboxylic acids is 2. The Morgan fingerprint density at radius 3 is 2.31 bits per heavy atom. The number of aromatic nitrogens is 2. The van der Waals surface area contributed by atoms with Crippen molar-refractivity contribution in [3.05, 3.63) is 42.1 Å². The lowest BCUT2D eigenvalue weighted by Gasteiger charge is -2.32. The fourth-order valence-corrected chi connectivity index (χ4v) is 4.07. The van der Waals surface area contributed by atoms with Crippen molar-refractivity contribution >= 4 is 46.8 Å². The number of benzene rings is 1. The highest BCUT2D eigenvalue weighted by Crippen LogP contribution is 2.20. The van der Waals surface area contributed by atoms with Crippen LogP contribution in [0.4, 0.5) is 4.39 Å². The highest BCUT2D eigenvalue weighted by atomic mass is 127. The zero-order valence-electron chi connectivity index (χ0n) is 25.0. The van der Waals surface area contributed by atoms with Gasteiger partial charge in [-0.15, -0.1) is 24.0 Å². The van der Waals surface area contributed by atoms with Crippen molar-refractivity contribution in [3.8, 4) is 0 Å². The van der Waals surface area contributed by atoms with Crippen molar-refractivity contribution in [1.29, 1.82) is 0 Å². The molecular formula is C30H55FIN5O2.